The number of nitrogens with one attached hydrogen (secondary N) is 1. The second-order valence-corrected chi connectivity index (χ2v) is 5.81. The monoisotopic (exact) mass is 365 g/mol. The molecule has 1 atom stereocenters. The van der Waals surface area contributed by atoms with Gasteiger partial charge in [-0.05, 0) is 24.7 Å². The summed E-state index contributed by atoms with van der Waals surface area (Å²) >= 11 is 5.29. The molecule has 8 nitrogen and oxygen atoms in total. The number of thiocarbonyl (C=S) groups is 1. The van der Waals surface area contributed by atoms with Crippen LogP contribution in [0, 0.1) is 10.1 Å². The second kappa shape index (κ2) is 8.04. The number of carbonyl (C=O) groups is 1. The Bertz CT molecular complexity index is 734. The minimum Gasteiger partial charge on any atom is -0.460 e. The maximum atomic E-state index is 12.6. The predicted octanol–water partition coefficient (Wildman–Crippen LogP) is 1.92. The molecule has 0 aromatic heterocycles. The second-order valence-electron chi connectivity index (χ2n) is 5.42. The zero-order chi connectivity index (χ0) is 18.6. The molecule has 1 aliphatic heterocycles. The Kier molecular flexibility index (Phi) is 6.05. The van der Waals surface area contributed by atoms with Crippen molar-refractivity contribution in [1.29, 1.82) is 0 Å². The Labute approximate surface area is 150 Å². The van der Waals surface area contributed by atoms with Gasteiger partial charge < -0.3 is 19.7 Å². The number of rotatable bonds is 6. The van der Waals surface area contributed by atoms with Crippen molar-refractivity contribution in [3.8, 4) is 0 Å². The van der Waals surface area contributed by atoms with Gasteiger partial charge in [-0.15, -0.1) is 0 Å². The van der Waals surface area contributed by atoms with Crippen LogP contribution in [0.4, 0.5) is 5.69 Å². The summed E-state index contributed by atoms with van der Waals surface area (Å²) in [6.07, 6.45) is 0. The highest BCUT2D eigenvalue weighted by molar-refractivity contribution is 7.80. The Morgan fingerprint density at radius 2 is 2.16 bits per heavy atom. The van der Waals surface area contributed by atoms with E-state index in [4.69, 9.17) is 21.7 Å². The van der Waals surface area contributed by atoms with Crippen molar-refractivity contribution in [3.63, 3.8) is 0 Å². The van der Waals surface area contributed by atoms with Crippen molar-refractivity contribution in [2.75, 3.05) is 27.4 Å². The lowest BCUT2D eigenvalue weighted by atomic mass is 9.95. The molecule has 0 saturated carbocycles. The molecule has 1 aliphatic rings. The molecule has 9 heteroatoms. The summed E-state index contributed by atoms with van der Waals surface area (Å²) in [6, 6.07) is 5.46. The number of hydrogen-bond acceptors (Lipinski definition) is 6. The number of esters is 1. The van der Waals surface area contributed by atoms with Gasteiger partial charge in [0, 0.05) is 32.0 Å². The van der Waals surface area contributed by atoms with E-state index in [1.807, 2.05) is 0 Å². The standard InChI is InChI=1S/C16H19N3O5S/c1-10-13(15(20)24-8-7-23-3)14(17-16(25)18(10)2)11-5-4-6-12(9-11)19(21)22/h4-6,9,14H,7-8H2,1-3H3,(H,17,25)/t14-/m1/s1. The number of benzene rings is 1. The fourth-order valence-electron chi connectivity index (χ4n) is 2.46. The van der Waals surface area contributed by atoms with Crippen molar-refractivity contribution in [1.82, 2.24) is 10.2 Å². The number of allylic oxidation sites excluding steroid dienone is 1. The van der Waals surface area contributed by atoms with Gasteiger partial charge in [-0.25, -0.2) is 4.79 Å². The zero-order valence-electron chi connectivity index (χ0n) is 14.1. The van der Waals surface area contributed by atoms with Crippen molar-refractivity contribution in [3.05, 3.63) is 51.2 Å². The first kappa shape index (κ1) is 18.8. The molecule has 0 saturated heterocycles. The Morgan fingerprint density at radius 3 is 2.80 bits per heavy atom. The summed E-state index contributed by atoms with van der Waals surface area (Å²) < 4.78 is 10.1. The van der Waals surface area contributed by atoms with Crippen LogP contribution in [0.1, 0.15) is 18.5 Å². The maximum Gasteiger partial charge on any atom is 0.338 e. The Hall–Kier alpha value is -2.52. The van der Waals surface area contributed by atoms with Crippen LogP contribution in [0.3, 0.4) is 0 Å². The zero-order valence-corrected chi connectivity index (χ0v) is 15.0. The lowest BCUT2D eigenvalue weighted by molar-refractivity contribution is -0.384. The summed E-state index contributed by atoms with van der Waals surface area (Å²) in [6.45, 7) is 2.15. The van der Waals surface area contributed by atoms with E-state index in [2.05, 4.69) is 5.32 Å². The number of non-ortho nitro benzene ring substituents is 1. The van der Waals surface area contributed by atoms with Crippen molar-refractivity contribution in [2.45, 2.75) is 13.0 Å². The van der Waals surface area contributed by atoms with Crippen LogP contribution in [0.5, 0.6) is 0 Å². The molecular weight excluding hydrogens is 346 g/mol. The number of hydrogen-bond donors (Lipinski definition) is 1. The molecule has 1 aromatic carbocycles. The first-order valence-electron chi connectivity index (χ1n) is 7.52. The molecular formula is C16H19N3O5S. The van der Waals surface area contributed by atoms with Crippen LogP contribution in [-0.2, 0) is 14.3 Å². The minimum absolute atomic E-state index is 0.0612. The molecule has 1 heterocycles. The average Bonchev–Trinajstić information content (AvgIpc) is 2.59. The smallest absolute Gasteiger partial charge is 0.338 e. The van der Waals surface area contributed by atoms with Crippen LogP contribution in [-0.4, -0.2) is 48.3 Å². The van der Waals surface area contributed by atoms with Gasteiger partial charge in [0.15, 0.2) is 5.11 Å². The molecule has 0 bridgehead atoms. The molecule has 1 aromatic rings. The van der Waals surface area contributed by atoms with E-state index >= 15 is 0 Å². The molecule has 0 aliphatic carbocycles. The van der Waals surface area contributed by atoms with E-state index in [1.54, 1.807) is 31.0 Å². The van der Waals surface area contributed by atoms with Crippen molar-refractivity contribution < 1.29 is 19.2 Å². The number of nitrogens with zero attached hydrogens (tertiary/aromatic N) is 2. The third-order valence-corrected chi connectivity index (χ3v) is 4.30. The lowest BCUT2D eigenvalue weighted by Gasteiger charge is -2.35. The van der Waals surface area contributed by atoms with Gasteiger partial charge in [0.2, 0.25) is 0 Å². The normalized spacial score (nSPS) is 17.3. The van der Waals surface area contributed by atoms with E-state index in [-0.39, 0.29) is 18.9 Å². The Balaban J connectivity index is 2.42. The molecule has 0 fully saturated rings. The third-order valence-electron chi connectivity index (χ3n) is 3.91. The van der Waals surface area contributed by atoms with Gasteiger partial charge >= 0.3 is 5.97 Å². The summed E-state index contributed by atoms with van der Waals surface area (Å²) in [5.74, 6) is -0.520. The molecule has 25 heavy (non-hydrogen) atoms. The number of methoxy groups -OCH3 is 1. The highest BCUT2D eigenvalue weighted by Gasteiger charge is 2.34. The predicted molar refractivity (Wildman–Crippen MR) is 94.9 cm³/mol. The molecule has 1 N–H and O–H groups in total. The lowest BCUT2D eigenvalue weighted by Crippen LogP contribution is -2.46. The summed E-state index contributed by atoms with van der Waals surface area (Å²) in [5.41, 5.74) is 1.48. The molecule has 0 amide bonds. The van der Waals surface area contributed by atoms with Gasteiger partial charge in [-0.2, -0.15) is 0 Å². The topological polar surface area (TPSA) is 93.9 Å². The maximum absolute atomic E-state index is 12.6. The summed E-state index contributed by atoms with van der Waals surface area (Å²) in [5, 5.41) is 14.5. The number of nitro benzene ring substituents is 1. The number of ether oxygens (including phenoxy) is 2. The highest BCUT2D eigenvalue weighted by atomic mass is 32.1. The van der Waals surface area contributed by atoms with Crippen molar-refractivity contribution >= 4 is 29.0 Å². The van der Waals surface area contributed by atoms with E-state index in [9.17, 15) is 14.9 Å². The van der Waals surface area contributed by atoms with Gasteiger partial charge in [0.05, 0.1) is 23.1 Å². The fourth-order valence-corrected chi connectivity index (χ4v) is 2.72. The third kappa shape index (κ3) is 4.12. The fraction of sp³-hybridized carbons (Fsp3) is 0.375. The Morgan fingerprint density at radius 1 is 1.44 bits per heavy atom. The van der Waals surface area contributed by atoms with E-state index in [0.717, 1.165) is 0 Å². The van der Waals surface area contributed by atoms with E-state index in [1.165, 1.54) is 19.2 Å². The van der Waals surface area contributed by atoms with E-state index in [0.29, 0.717) is 21.9 Å². The van der Waals surface area contributed by atoms with Gasteiger partial charge in [-0.3, -0.25) is 10.1 Å². The van der Waals surface area contributed by atoms with Crippen LogP contribution >= 0.6 is 12.2 Å². The number of nitro groups is 1. The minimum atomic E-state index is -0.626. The molecule has 134 valence electrons. The SMILES string of the molecule is COCCOC(=O)C1=C(C)N(C)C(=S)N[C@@H]1c1cccc([N+](=O)[O-])c1. The summed E-state index contributed by atoms with van der Waals surface area (Å²) in [7, 11) is 3.25. The van der Waals surface area contributed by atoms with Gasteiger partial charge in [0.1, 0.15) is 6.61 Å². The first-order valence-corrected chi connectivity index (χ1v) is 7.93. The largest absolute Gasteiger partial charge is 0.460 e. The van der Waals surface area contributed by atoms with Crippen LogP contribution in [0.15, 0.2) is 35.5 Å². The van der Waals surface area contributed by atoms with Gasteiger partial charge in [0.25, 0.3) is 5.69 Å². The van der Waals surface area contributed by atoms with Crippen LogP contribution in [0.2, 0.25) is 0 Å². The van der Waals surface area contributed by atoms with Crippen LogP contribution in [0.25, 0.3) is 0 Å². The van der Waals surface area contributed by atoms with Gasteiger partial charge in [-0.1, -0.05) is 12.1 Å². The summed E-state index contributed by atoms with van der Waals surface area (Å²) in [4.78, 5) is 24.8. The average molecular weight is 365 g/mol. The molecule has 0 spiro atoms. The highest BCUT2D eigenvalue weighted by Crippen LogP contribution is 2.32. The van der Waals surface area contributed by atoms with E-state index < -0.39 is 16.9 Å². The molecule has 0 unspecified atom stereocenters. The first-order chi connectivity index (χ1) is 11.9. The number of carbonyl (C=O) groups excluding carboxylic acids is 1. The van der Waals surface area contributed by atoms with Crippen LogP contribution < -0.4 is 5.32 Å². The quantitative estimate of drug-likeness (QED) is 0.269. The van der Waals surface area contributed by atoms with Crippen molar-refractivity contribution in [2.24, 2.45) is 0 Å². The molecule has 2 rings (SSSR count). The molecule has 0 radical (unpaired) electrons.